The van der Waals surface area contributed by atoms with Crippen LogP contribution in [0.1, 0.15) is 11.1 Å². The lowest BCUT2D eigenvalue weighted by Crippen LogP contribution is -1.93. The molecule has 0 spiro atoms. The molecule has 1 heterocycles. The molecule has 0 saturated heterocycles. The van der Waals surface area contributed by atoms with E-state index >= 15 is 0 Å². The number of esters is 1. The van der Waals surface area contributed by atoms with Crippen LogP contribution in [0.5, 0.6) is 0 Å². The Hall–Kier alpha value is -1.09. The van der Waals surface area contributed by atoms with Gasteiger partial charge in [-0.2, -0.15) is 0 Å². The topological polar surface area (TPSA) is 26.3 Å². The van der Waals surface area contributed by atoms with Crippen LogP contribution in [0.25, 0.3) is 5.57 Å². The molecule has 0 unspecified atom stereocenters. The third-order valence-electron chi connectivity index (χ3n) is 2.16. The molecule has 0 aliphatic carbocycles. The van der Waals surface area contributed by atoms with Crippen LogP contribution >= 0.6 is 15.9 Å². The Morgan fingerprint density at radius 3 is 2.79 bits per heavy atom. The van der Waals surface area contributed by atoms with E-state index in [2.05, 4.69) is 15.9 Å². The quantitative estimate of drug-likeness (QED) is 0.719. The van der Waals surface area contributed by atoms with Gasteiger partial charge in [-0.15, -0.1) is 0 Å². The predicted molar refractivity (Wildman–Crippen MR) is 58.0 cm³/mol. The number of cyclic esters (lactones) is 1. The van der Waals surface area contributed by atoms with Crippen LogP contribution in [-0.2, 0) is 9.53 Å². The van der Waals surface area contributed by atoms with E-state index in [0.29, 0.717) is 11.1 Å². The maximum Gasteiger partial charge on any atom is 0.346 e. The van der Waals surface area contributed by atoms with Crippen LogP contribution in [0.15, 0.2) is 28.7 Å². The fourth-order valence-corrected chi connectivity index (χ4v) is 1.89. The normalized spacial score (nSPS) is 16.0. The molecule has 0 saturated carbocycles. The fourth-order valence-electron chi connectivity index (χ4n) is 1.43. The minimum atomic E-state index is -0.276. The highest BCUT2D eigenvalue weighted by molar-refractivity contribution is 9.12. The molecule has 1 aromatic rings. The van der Waals surface area contributed by atoms with Gasteiger partial charge in [0.05, 0.1) is 0 Å². The smallest absolute Gasteiger partial charge is 0.346 e. The van der Waals surface area contributed by atoms with Crippen LogP contribution in [-0.4, -0.2) is 12.6 Å². The average Bonchev–Trinajstić information content (AvgIpc) is 2.48. The Labute approximate surface area is 90.7 Å². The van der Waals surface area contributed by atoms with Gasteiger partial charge < -0.3 is 4.74 Å². The molecular weight excluding hydrogens is 244 g/mol. The minimum Gasteiger partial charge on any atom is -0.457 e. The first-order valence-corrected chi connectivity index (χ1v) is 5.10. The highest BCUT2D eigenvalue weighted by Gasteiger charge is 2.23. The van der Waals surface area contributed by atoms with E-state index in [1.54, 1.807) is 0 Å². The molecule has 3 heteroatoms. The summed E-state index contributed by atoms with van der Waals surface area (Å²) >= 11 is 3.24. The number of hydrogen-bond acceptors (Lipinski definition) is 2. The first-order valence-electron chi connectivity index (χ1n) is 4.31. The Balaban J connectivity index is 2.46. The Morgan fingerprint density at radius 2 is 2.21 bits per heavy atom. The summed E-state index contributed by atoms with van der Waals surface area (Å²) in [6.45, 7) is 2.39. The van der Waals surface area contributed by atoms with Crippen molar-refractivity contribution < 1.29 is 9.53 Å². The molecule has 0 aromatic heterocycles. The van der Waals surface area contributed by atoms with E-state index in [4.69, 9.17) is 4.74 Å². The van der Waals surface area contributed by atoms with Crippen molar-refractivity contribution >= 4 is 27.5 Å². The Bertz CT molecular complexity index is 421. The lowest BCUT2D eigenvalue weighted by atomic mass is 10.1. The van der Waals surface area contributed by atoms with Crippen molar-refractivity contribution in [2.75, 3.05) is 6.61 Å². The monoisotopic (exact) mass is 252 g/mol. The number of carbonyl (C=O) groups is 1. The number of carbonyl (C=O) groups excluding carboxylic acids is 1. The SMILES string of the molecule is Cc1cccc(C2=C(Br)C(=O)OC2)c1. The number of hydrogen-bond donors (Lipinski definition) is 0. The maximum absolute atomic E-state index is 11.1. The molecular formula is C11H9BrO2. The highest BCUT2D eigenvalue weighted by Crippen LogP contribution is 2.29. The number of halogens is 1. The maximum atomic E-state index is 11.1. The largest absolute Gasteiger partial charge is 0.457 e. The van der Waals surface area contributed by atoms with Crippen molar-refractivity contribution in [1.82, 2.24) is 0 Å². The van der Waals surface area contributed by atoms with Crippen LogP contribution in [0.3, 0.4) is 0 Å². The van der Waals surface area contributed by atoms with Crippen molar-refractivity contribution in [2.45, 2.75) is 6.92 Å². The molecule has 2 rings (SSSR count). The summed E-state index contributed by atoms with van der Waals surface area (Å²) in [6, 6.07) is 8.01. The second-order valence-corrected chi connectivity index (χ2v) is 4.03. The molecule has 0 atom stereocenters. The standard InChI is InChI=1S/C11H9BrO2/c1-7-3-2-4-8(5-7)9-6-14-11(13)10(9)12/h2-5H,6H2,1H3. The van der Waals surface area contributed by atoms with Crippen molar-refractivity contribution in [3.8, 4) is 0 Å². The Kier molecular flexibility index (Phi) is 2.42. The van der Waals surface area contributed by atoms with Gasteiger partial charge in [0.15, 0.2) is 0 Å². The third-order valence-corrected chi connectivity index (χ3v) is 2.96. The summed E-state index contributed by atoms with van der Waals surface area (Å²) in [7, 11) is 0. The molecule has 72 valence electrons. The number of aryl methyl sites for hydroxylation is 1. The average molecular weight is 253 g/mol. The molecule has 0 bridgehead atoms. The lowest BCUT2D eigenvalue weighted by Gasteiger charge is -2.01. The van der Waals surface area contributed by atoms with Gasteiger partial charge in [-0.25, -0.2) is 4.79 Å². The van der Waals surface area contributed by atoms with Crippen LogP contribution < -0.4 is 0 Å². The first-order chi connectivity index (χ1) is 6.68. The molecule has 0 radical (unpaired) electrons. The number of benzene rings is 1. The zero-order valence-electron chi connectivity index (χ0n) is 7.71. The minimum absolute atomic E-state index is 0.276. The van der Waals surface area contributed by atoms with Crippen LogP contribution in [0.4, 0.5) is 0 Å². The third kappa shape index (κ3) is 1.60. The van der Waals surface area contributed by atoms with E-state index in [0.717, 1.165) is 11.1 Å². The van der Waals surface area contributed by atoms with Gasteiger partial charge in [0.25, 0.3) is 0 Å². The van der Waals surface area contributed by atoms with Crippen LogP contribution in [0.2, 0.25) is 0 Å². The Morgan fingerprint density at radius 1 is 1.43 bits per heavy atom. The molecule has 14 heavy (non-hydrogen) atoms. The summed E-state index contributed by atoms with van der Waals surface area (Å²) in [5.74, 6) is -0.276. The lowest BCUT2D eigenvalue weighted by molar-refractivity contribution is -0.135. The van der Waals surface area contributed by atoms with E-state index < -0.39 is 0 Å². The van der Waals surface area contributed by atoms with Gasteiger partial charge in [-0.3, -0.25) is 0 Å². The molecule has 2 nitrogen and oxygen atoms in total. The number of rotatable bonds is 1. The summed E-state index contributed by atoms with van der Waals surface area (Å²) in [5, 5.41) is 0. The zero-order chi connectivity index (χ0) is 10.1. The molecule has 1 aliphatic heterocycles. The second-order valence-electron chi connectivity index (χ2n) is 3.24. The van der Waals surface area contributed by atoms with Crippen molar-refractivity contribution in [3.63, 3.8) is 0 Å². The molecule has 0 amide bonds. The van der Waals surface area contributed by atoms with Gasteiger partial charge in [0, 0.05) is 5.57 Å². The van der Waals surface area contributed by atoms with Gasteiger partial charge in [-0.05, 0) is 28.4 Å². The number of ether oxygens (including phenoxy) is 1. The van der Waals surface area contributed by atoms with Gasteiger partial charge in [0.2, 0.25) is 0 Å². The van der Waals surface area contributed by atoms with Crippen molar-refractivity contribution in [1.29, 1.82) is 0 Å². The molecule has 0 N–H and O–H groups in total. The van der Waals surface area contributed by atoms with E-state index in [9.17, 15) is 4.79 Å². The highest BCUT2D eigenvalue weighted by atomic mass is 79.9. The molecule has 1 aromatic carbocycles. The van der Waals surface area contributed by atoms with Gasteiger partial charge in [0.1, 0.15) is 11.1 Å². The predicted octanol–water partition coefficient (Wildman–Crippen LogP) is 2.66. The summed E-state index contributed by atoms with van der Waals surface area (Å²) < 4.78 is 5.46. The van der Waals surface area contributed by atoms with E-state index in [-0.39, 0.29) is 5.97 Å². The zero-order valence-corrected chi connectivity index (χ0v) is 9.30. The summed E-state index contributed by atoms with van der Waals surface area (Å²) in [4.78, 5) is 11.1. The summed E-state index contributed by atoms with van der Waals surface area (Å²) in [5.41, 5.74) is 3.15. The van der Waals surface area contributed by atoms with Gasteiger partial charge in [-0.1, -0.05) is 29.8 Å². The van der Waals surface area contributed by atoms with Crippen molar-refractivity contribution in [2.24, 2.45) is 0 Å². The van der Waals surface area contributed by atoms with E-state index in [1.807, 2.05) is 31.2 Å². The fraction of sp³-hybridized carbons (Fsp3) is 0.182. The van der Waals surface area contributed by atoms with Gasteiger partial charge >= 0.3 is 5.97 Å². The second kappa shape index (κ2) is 3.58. The molecule has 1 aliphatic rings. The first kappa shape index (κ1) is 9.46. The van der Waals surface area contributed by atoms with Crippen molar-refractivity contribution in [3.05, 3.63) is 39.9 Å². The summed E-state index contributed by atoms with van der Waals surface area (Å²) in [6.07, 6.45) is 0. The molecule has 0 fully saturated rings. The van der Waals surface area contributed by atoms with E-state index in [1.165, 1.54) is 5.56 Å². The van der Waals surface area contributed by atoms with Crippen LogP contribution in [0, 0.1) is 6.92 Å².